The number of fused-ring (bicyclic) bond motifs is 1. The first-order valence-electron chi connectivity index (χ1n) is 8.72. The molecule has 0 spiro atoms. The first kappa shape index (κ1) is 15.2. The van der Waals surface area contributed by atoms with Gasteiger partial charge >= 0.3 is 0 Å². The summed E-state index contributed by atoms with van der Waals surface area (Å²) in [4.78, 5) is 19.4. The fraction of sp³-hybridized carbons (Fsp3) is 0.706. The molecule has 126 valence electrons. The molecule has 3 fully saturated rings. The van der Waals surface area contributed by atoms with E-state index in [9.17, 15) is 4.79 Å². The second kappa shape index (κ2) is 6.63. The molecule has 3 aliphatic heterocycles. The first-order valence-corrected chi connectivity index (χ1v) is 8.72. The van der Waals surface area contributed by atoms with Crippen LogP contribution in [0.3, 0.4) is 0 Å². The minimum absolute atomic E-state index is 0.0208. The lowest BCUT2D eigenvalue weighted by Gasteiger charge is -2.37. The smallest absolute Gasteiger partial charge is 0.289 e. The van der Waals surface area contributed by atoms with Crippen LogP contribution < -0.4 is 0 Å². The Morgan fingerprint density at radius 2 is 2.04 bits per heavy atom. The molecule has 0 saturated carbocycles. The number of morpholine rings is 1. The number of hydrogen-bond acceptors (Lipinski definition) is 5. The zero-order valence-corrected chi connectivity index (χ0v) is 13.5. The van der Waals surface area contributed by atoms with E-state index in [1.54, 1.807) is 18.4 Å². The standard InChI is InChI=1S/C17H25N3O3/c21-17(15-4-3-10-22-15)20-12-14-16(13-20)23-11-9-19(14)8-7-18-5-1-2-6-18/h3-4,10,14,16H,1-2,5-9,11-13H2/t14-,16+/m1/s1. The van der Waals surface area contributed by atoms with Crippen LogP contribution in [-0.4, -0.2) is 85.2 Å². The van der Waals surface area contributed by atoms with E-state index in [1.807, 2.05) is 4.90 Å². The molecule has 2 atom stereocenters. The number of ether oxygens (including phenoxy) is 1. The summed E-state index contributed by atoms with van der Waals surface area (Å²) in [5.41, 5.74) is 0. The third kappa shape index (κ3) is 3.16. The molecule has 23 heavy (non-hydrogen) atoms. The molecule has 1 aromatic heterocycles. The van der Waals surface area contributed by atoms with Crippen molar-refractivity contribution in [2.75, 3.05) is 52.4 Å². The molecule has 0 aromatic carbocycles. The monoisotopic (exact) mass is 319 g/mol. The summed E-state index contributed by atoms with van der Waals surface area (Å²) < 4.78 is 11.2. The molecule has 6 heteroatoms. The summed E-state index contributed by atoms with van der Waals surface area (Å²) in [7, 11) is 0. The molecule has 1 amide bonds. The number of nitrogens with zero attached hydrogens (tertiary/aromatic N) is 3. The number of rotatable bonds is 4. The van der Waals surface area contributed by atoms with E-state index in [1.165, 1.54) is 25.9 Å². The van der Waals surface area contributed by atoms with Gasteiger partial charge in [-0.2, -0.15) is 0 Å². The molecule has 4 rings (SSSR count). The summed E-state index contributed by atoms with van der Waals surface area (Å²) in [6, 6.07) is 3.82. The Morgan fingerprint density at radius 3 is 2.83 bits per heavy atom. The molecule has 3 aliphatic rings. The van der Waals surface area contributed by atoms with Crippen molar-refractivity contribution >= 4 is 5.91 Å². The van der Waals surface area contributed by atoms with Crippen molar-refractivity contribution in [1.29, 1.82) is 0 Å². The number of carbonyl (C=O) groups is 1. The maximum absolute atomic E-state index is 12.5. The van der Waals surface area contributed by atoms with Gasteiger partial charge in [0.2, 0.25) is 0 Å². The number of furan rings is 1. The second-order valence-electron chi connectivity index (χ2n) is 6.75. The van der Waals surface area contributed by atoms with Crippen LogP contribution in [0.2, 0.25) is 0 Å². The van der Waals surface area contributed by atoms with Crippen LogP contribution in [0.4, 0.5) is 0 Å². The molecule has 0 radical (unpaired) electrons. The Labute approximate surface area is 137 Å². The summed E-state index contributed by atoms with van der Waals surface area (Å²) in [5, 5.41) is 0. The minimum Gasteiger partial charge on any atom is -0.459 e. The SMILES string of the molecule is O=C(c1ccco1)N1C[C@@H]2OCCN(CCN3CCCC3)[C@@H]2C1. The number of likely N-dealkylation sites (tertiary alicyclic amines) is 2. The highest BCUT2D eigenvalue weighted by molar-refractivity contribution is 5.91. The lowest BCUT2D eigenvalue weighted by molar-refractivity contribution is -0.0487. The summed E-state index contributed by atoms with van der Waals surface area (Å²) >= 11 is 0. The third-order valence-electron chi connectivity index (χ3n) is 5.34. The molecular weight excluding hydrogens is 294 g/mol. The van der Waals surface area contributed by atoms with Crippen LogP contribution >= 0.6 is 0 Å². The van der Waals surface area contributed by atoms with Crippen LogP contribution in [-0.2, 0) is 4.74 Å². The highest BCUT2D eigenvalue weighted by Crippen LogP contribution is 2.24. The van der Waals surface area contributed by atoms with Crippen molar-refractivity contribution in [3.8, 4) is 0 Å². The van der Waals surface area contributed by atoms with Gasteiger partial charge in [-0.25, -0.2) is 0 Å². The lowest BCUT2D eigenvalue weighted by atomic mass is 10.1. The maximum Gasteiger partial charge on any atom is 0.289 e. The quantitative estimate of drug-likeness (QED) is 0.825. The van der Waals surface area contributed by atoms with E-state index in [0.29, 0.717) is 18.3 Å². The molecular formula is C17H25N3O3. The van der Waals surface area contributed by atoms with E-state index >= 15 is 0 Å². The van der Waals surface area contributed by atoms with Crippen molar-refractivity contribution in [1.82, 2.24) is 14.7 Å². The Kier molecular flexibility index (Phi) is 4.37. The summed E-state index contributed by atoms with van der Waals surface area (Å²) in [6.45, 7) is 7.84. The Morgan fingerprint density at radius 1 is 1.17 bits per heavy atom. The molecule has 4 heterocycles. The topological polar surface area (TPSA) is 49.2 Å². The van der Waals surface area contributed by atoms with Crippen LogP contribution in [0.5, 0.6) is 0 Å². The van der Waals surface area contributed by atoms with E-state index in [2.05, 4.69) is 9.80 Å². The molecule has 0 bridgehead atoms. The lowest BCUT2D eigenvalue weighted by Crippen LogP contribution is -2.52. The van der Waals surface area contributed by atoms with Gasteiger partial charge in [0.1, 0.15) is 0 Å². The van der Waals surface area contributed by atoms with Crippen molar-refractivity contribution < 1.29 is 13.9 Å². The molecule has 3 saturated heterocycles. The van der Waals surface area contributed by atoms with Crippen molar-refractivity contribution in [2.45, 2.75) is 25.0 Å². The van der Waals surface area contributed by atoms with Crippen molar-refractivity contribution in [3.63, 3.8) is 0 Å². The average molecular weight is 319 g/mol. The largest absolute Gasteiger partial charge is 0.459 e. The van der Waals surface area contributed by atoms with Gasteiger partial charge in [0, 0.05) is 32.7 Å². The summed E-state index contributed by atoms with van der Waals surface area (Å²) in [5.74, 6) is 0.403. The number of hydrogen-bond donors (Lipinski definition) is 0. The average Bonchev–Trinajstić information content (AvgIpc) is 3.33. The molecule has 1 aromatic rings. The Bertz CT molecular complexity index is 527. The highest BCUT2D eigenvalue weighted by atomic mass is 16.5. The number of amides is 1. The van der Waals surface area contributed by atoms with Crippen LogP contribution in [0.1, 0.15) is 23.4 Å². The molecule has 0 N–H and O–H groups in total. The fourth-order valence-corrected chi connectivity index (χ4v) is 4.03. The predicted molar refractivity (Wildman–Crippen MR) is 85.4 cm³/mol. The molecule has 6 nitrogen and oxygen atoms in total. The van der Waals surface area contributed by atoms with Crippen molar-refractivity contribution in [3.05, 3.63) is 24.2 Å². The zero-order chi connectivity index (χ0) is 15.6. The van der Waals surface area contributed by atoms with Gasteiger partial charge in [0.05, 0.1) is 25.0 Å². The van der Waals surface area contributed by atoms with E-state index in [0.717, 1.165) is 32.8 Å². The van der Waals surface area contributed by atoms with Crippen LogP contribution in [0, 0.1) is 0 Å². The first-order chi connectivity index (χ1) is 11.3. The third-order valence-corrected chi connectivity index (χ3v) is 5.34. The van der Waals surface area contributed by atoms with Gasteiger partial charge in [-0.1, -0.05) is 0 Å². The Hall–Kier alpha value is -1.37. The predicted octanol–water partition coefficient (Wildman–Crippen LogP) is 0.901. The minimum atomic E-state index is -0.0208. The van der Waals surface area contributed by atoms with E-state index < -0.39 is 0 Å². The van der Waals surface area contributed by atoms with Gasteiger partial charge in [-0.15, -0.1) is 0 Å². The maximum atomic E-state index is 12.5. The van der Waals surface area contributed by atoms with Crippen LogP contribution in [0.15, 0.2) is 22.8 Å². The van der Waals surface area contributed by atoms with E-state index in [-0.39, 0.29) is 12.0 Å². The van der Waals surface area contributed by atoms with Gasteiger partial charge in [0.15, 0.2) is 5.76 Å². The van der Waals surface area contributed by atoms with Crippen molar-refractivity contribution in [2.24, 2.45) is 0 Å². The number of carbonyl (C=O) groups excluding carboxylic acids is 1. The molecule has 0 aliphatic carbocycles. The van der Waals surface area contributed by atoms with E-state index in [4.69, 9.17) is 9.15 Å². The van der Waals surface area contributed by atoms with Gasteiger partial charge in [-0.3, -0.25) is 9.69 Å². The highest BCUT2D eigenvalue weighted by Gasteiger charge is 2.42. The molecule has 0 unspecified atom stereocenters. The zero-order valence-electron chi connectivity index (χ0n) is 13.5. The fourth-order valence-electron chi connectivity index (χ4n) is 4.03. The Balaban J connectivity index is 1.37. The van der Waals surface area contributed by atoms with Gasteiger partial charge in [0.25, 0.3) is 5.91 Å². The van der Waals surface area contributed by atoms with Gasteiger partial charge in [-0.05, 0) is 38.1 Å². The summed E-state index contributed by atoms with van der Waals surface area (Å²) in [6.07, 6.45) is 4.36. The van der Waals surface area contributed by atoms with Gasteiger partial charge < -0.3 is 19.0 Å². The second-order valence-corrected chi connectivity index (χ2v) is 6.75. The normalized spacial score (nSPS) is 29.1. The van der Waals surface area contributed by atoms with Crippen LogP contribution in [0.25, 0.3) is 0 Å².